The highest BCUT2D eigenvalue weighted by atomic mass is 16.5. The molecule has 3 nitrogen and oxygen atoms in total. The number of nitrogens with two attached hydrogens (primary N) is 2. The van der Waals surface area contributed by atoms with Crippen molar-refractivity contribution in [3.63, 3.8) is 0 Å². The molecule has 0 unspecified atom stereocenters. The normalized spacial score (nSPS) is 9.14. The van der Waals surface area contributed by atoms with Crippen LogP contribution < -0.4 is 11.5 Å². The lowest BCUT2D eigenvalue weighted by atomic mass is 10.2. The molecule has 0 saturated heterocycles. The quantitative estimate of drug-likeness (QED) is 0.502. The standard InChI is InChI=1S/C18H16N2O/c19-17-9-5-15(6-10-17)3-1-13-21-14-2-4-16-7-11-18(20)12-8-16/h5-12H,13-14,19-20H2. The molecule has 0 radical (unpaired) electrons. The van der Waals surface area contributed by atoms with Crippen LogP contribution in [0, 0.1) is 23.7 Å². The Balaban J connectivity index is 1.73. The van der Waals surface area contributed by atoms with Crippen LogP contribution in [-0.4, -0.2) is 13.2 Å². The van der Waals surface area contributed by atoms with Gasteiger partial charge in [0.15, 0.2) is 0 Å². The molecule has 3 heteroatoms. The average Bonchev–Trinajstić information content (AvgIpc) is 2.50. The molecule has 21 heavy (non-hydrogen) atoms. The second-order valence-electron chi connectivity index (χ2n) is 4.34. The van der Waals surface area contributed by atoms with Gasteiger partial charge in [-0.1, -0.05) is 23.7 Å². The van der Waals surface area contributed by atoms with Gasteiger partial charge in [0.2, 0.25) is 0 Å². The van der Waals surface area contributed by atoms with E-state index < -0.39 is 0 Å². The molecule has 0 aliphatic heterocycles. The van der Waals surface area contributed by atoms with E-state index >= 15 is 0 Å². The fourth-order valence-electron chi connectivity index (χ4n) is 1.56. The summed E-state index contributed by atoms with van der Waals surface area (Å²) in [4.78, 5) is 0. The third-order valence-electron chi connectivity index (χ3n) is 2.64. The van der Waals surface area contributed by atoms with Gasteiger partial charge in [-0.05, 0) is 48.5 Å². The molecule has 0 spiro atoms. The third-order valence-corrected chi connectivity index (χ3v) is 2.64. The van der Waals surface area contributed by atoms with Crippen molar-refractivity contribution in [3.8, 4) is 23.7 Å². The number of nitrogen functional groups attached to an aromatic ring is 2. The molecule has 0 aliphatic carbocycles. The highest BCUT2D eigenvalue weighted by molar-refractivity contribution is 5.45. The Bertz CT molecular complexity index is 632. The Morgan fingerprint density at radius 1 is 0.667 bits per heavy atom. The lowest BCUT2D eigenvalue weighted by Crippen LogP contribution is -1.91. The fraction of sp³-hybridized carbons (Fsp3) is 0.111. The number of ether oxygens (including phenoxy) is 1. The molecule has 2 aromatic carbocycles. The Hall–Kier alpha value is -2.88. The van der Waals surface area contributed by atoms with Crippen molar-refractivity contribution in [2.24, 2.45) is 0 Å². The van der Waals surface area contributed by atoms with E-state index in [4.69, 9.17) is 16.2 Å². The first-order valence-corrected chi connectivity index (χ1v) is 6.50. The Morgan fingerprint density at radius 2 is 1.05 bits per heavy atom. The first kappa shape index (κ1) is 14.5. The second-order valence-corrected chi connectivity index (χ2v) is 4.34. The van der Waals surface area contributed by atoms with Crippen LogP contribution in [0.2, 0.25) is 0 Å². The minimum atomic E-state index is 0.348. The lowest BCUT2D eigenvalue weighted by Gasteiger charge is -1.93. The predicted molar refractivity (Wildman–Crippen MR) is 86.3 cm³/mol. The molecule has 0 atom stereocenters. The summed E-state index contributed by atoms with van der Waals surface area (Å²) in [5.41, 5.74) is 14.5. The van der Waals surface area contributed by atoms with Crippen LogP contribution in [0.4, 0.5) is 11.4 Å². The van der Waals surface area contributed by atoms with Gasteiger partial charge >= 0.3 is 0 Å². The van der Waals surface area contributed by atoms with E-state index in [1.54, 1.807) is 0 Å². The van der Waals surface area contributed by atoms with Crippen LogP contribution in [0.25, 0.3) is 0 Å². The molecular weight excluding hydrogens is 260 g/mol. The van der Waals surface area contributed by atoms with E-state index in [0.29, 0.717) is 13.2 Å². The van der Waals surface area contributed by atoms with Crippen LogP contribution in [0.3, 0.4) is 0 Å². The van der Waals surface area contributed by atoms with Crippen molar-refractivity contribution in [3.05, 3.63) is 59.7 Å². The van der Waals surface area contributed by atoms with Gasteiger partial charge in [-0.15, -0.1) is 0 Å². The summed E-state index contributed by atoms with van der Waals surface area (Å²) in [7, 11) is 0. The van der Waals surface area contributed by atoms with Crippen molar-refractivity contribution in [2.75, 3.05) is 24.7 Å². The summed E-state index contributed by atoms with van der Waals surface area (Å²) < 4.78 is 5.33. The van der Waals surface area contributed by atoms with Gasteiger partial charge in [0.1, 0.15) is 13.2 Å². The maximum Gasteiger partial charge on any atom is 0.109 e. The SMILES string of the molecule is Nc1ccc(C#CCOCC#Cc2ccc(N)cc2)cc1. The number of rotatable bonds is 2. The molecule has 2 aromatic rings. The van der Waals surface area contributed by atoms with E-state index in [9.17, 15) is 0 Å². The molecule has 0 bridgehead atoms. The zero-order valence-electron chi connectivity index (χ0n) is 11.6. The molecule has 0 aromatic heterocycles. The van der Waals surface area contributed by atoms with Crippen molar-refractivity contribution < 1.29 is 4.74 Å². The zero-order chi connectivity index (χ0) is 14.9. The van der Waals surface area contributed by atoms with Gasteiger partial charge in [0.25, 0.3) is 0 Å². The van der Waals surface area contributed by atoms with Crippen molar-refractivity contribution in [2.45, 2.75) is 0 Å². The van der Waals surface area contributed by atoms with E-state index in [0.717, 1.165) is 22.5 Å². The molecule has 0 saturated carbocycles. The molecular formula is C18H16N2O. The van der Waals surface area contributed by atoms with Crippen LogP contribution in [0.5, 0.6) is 0 Å². The van der Waals surface area contributed by atoms with Gasteiger partial charge in [0, 0.05) is 22.5 Å². The predicted octanol–water partition coefficient (Wildman–Crippen LogP) is 2.27. The Kier molecular flexibility index (Phi) is 5.29. The molecule has 0 aliphatic rings. The first-order chi connectivity index (χ1) is 10.2. The maximum absolute atomic E-state index is 5.60. The molecule has 4 N–H and O–H groups in total. The monoisotopic (exact) mass is 276 g/mol. The van der Waals surface area contributed by atoms with Crippen LogP contribution in [0.15, 0.2) is 48.5 Å². The lowest BCUT2D eigenvalue weighted by molar-refractivity contribution is 0.204. The summed E-state index contributed by atoms with van der Waals surface area (Å²) in [6, 6.07) is 14.8. The van der Waals surface area contributed by atoms with E-state index in [1.807, 2.05) is 48.5 Å². The fourth-order valence-corrected chi connectivity index (χ4v) is 1.56. The second kappa shape index (κ2) is 7.65. The summed E-state index contributed by atoms with van der Waals surface area (Å²) >= 11 is 0. The summed E-state index contributed by atoms with van der Waals surface area (Å²) in [5.74, 6) is 11.8. The van der Waals surface area contributed by atoms with Gasteiger partial charge < -0.3 is 16.2 Å². The maximum atomic E-state index is 5.60. The topological polar surface area (TPSA) is 61.3 Å². The summed E-state index contributed by atoms with van der Waals surface area (Å²) in [5, 5.41) is 0. The van der Waals surface area contributed by atoms with Crippen LogP contribution in [-0.2, 0) is 4.74 Å². The molecule has 0 amide bonds. The molecule has 2 rings (SSSR count). The number of benzene rings is 2. The Morgan fingerprint density at radius 3 is 1.43 bits per heavy atom. The smallest absolute Gasteiger partial charge is 0.109 e. The van der Waals surface area contributed by atoms with Gasteiger partial charge in [-0.25, -0.2) is 0 Å². The van der Waals surface area contributed by atoms with Crippen molar-refractivity contribution in [1.82, 2.24) is 0 Å². The van der Waals surface area contributed by atoms with E-state index in [2.05, 4.69) is 23.7 Å². The number of anilines is 2. The van der Waals surface area contributed by atoms with Crippen LogP contribution in [0.1, 0.15) is 11.1 Å². The number of hydrogen-bond donors (Lipinski definition) is 2. The van der Waals surface area contributed by atoms with Gasteiger partial charge in [0.05, 0.1) is 0 Å². The zero-order valence-corrected chi connectivity index (χ0v) is 11.6. The summed E-state index contributed by atoms with van der Waals surface area (Å²) in [6.45, 7) is 0.696. The first-order valence-electron chi connectivity index (χ1n) is 6.50. The minimum absolute atomic E-state index is 0.348. The highest BCUT2D eigenvalue weighted by Gasteiger charge is 1.87. The molecule has 0 heterocycles. The minimum Gasteiger partial charge on any atom is -0.399 e. The highest BCUT2D eigenvalue weighted by Crippen LogP contribution is 2.04. The average molecular weight is 276 g/mol. The van der Waals surface area contributed by atoms with Gasteiger partial charge in [-0.2, -0.15) is 0 Å². The Labute approximate surface area is 124 Å². The largest absolute Gasteiger partial charge is 0.399 e. The van der Waals surface area contributed by atoms with Gasteiger partial charge in [-0.3, -0.25) is 0 Å². The third kappa shape index (κ3) is 5.32. The number of hydrogen-bond acceptors (Lipinski definition) is 3. The van der Waals surface area contributed by atoms with E-state index in [1.165, 1.54) is 0 Å². The van der Waals surface area contributed by atoms with Crippen LogP contribution >= 0.6 is 0 Å². The van der Waals surface area contributed by atoms with Crippen molar-refractivity contribution in [1.29, 1.82) is 0 Å². The van der Waals surface area contributed by atoms with E-state index in [-0.39, 0.29) is 0 Å². The summed E-state index contributed by atoms with van der Waals surface area (Å²) in [6.07, 6.45) is 0. The molecule has 0 fully saturated rings. The molecule has 104 valence electrons. The van der Waals surface area contributed by atoms with Crippen molar-refractivity contribution >= 4 is 11.4 Å².